The van der Waals surface area contributed by atoms with Gasteiger partial charge in [-0.15, -0.1) is 0 Å². The van der Waals surface area contributed by atoms with Crippen LogP contribution in [0.1, 0.15) is 27.7 Å². The zero-order valence-electron chi connectivity index (χ0n) is 10.6. The van der Waals surface area contributed by atoms with Gasteiger partial charge in [0, 0.05) is 6.04 Å². The number of hydrogen-bond donors (Lipinski definition) is 2. The number of para-hydroxylation sites is 1. The Morgan fingerprint density at radius 2 is 2.00 bits per heavy atom. The molecule has 92 valence electrons. The van der Waals surface area contributed by atoms with Crippen LogP contribution in [-0.4, -0.2) is 22.6 Å². The smallest absolute Gasteiger partial charge is 0.252 e. The van der Waals surface area contributed by atoms with Gasteiger partial charge in [-0.05, 0) is 39.8 Å². The summed E-state index contributed by atoms with van der Waals surface area (Å²) in [7, 11) is 0. The minimum absolute atomic E-state index is 0.0191. The van der Waals surface area contributed by atoms with Crippen molar-refractivity contribution in [3.05, 3.63) is 18.2 Å². The van der Waals surface area contributed by atoms with E-state index >= 15 is 0 Å². The molecule has 1 amide bonds. The number of nitrogens with zero attached hydrogens (tertiary/aromatic N) is 1. The Hall–Kier alpha value is -1.71. The molecule has 2 rings (SSSR count). The summed E-state index contributed by atoms with van der Waals surface area (Å²) in [5, 5.41) is 13.0. The predicted octanol–water partition coefficient (Wildman–Crippen LogP) is 2.34. The second-order valence-corrected chi connectivity index (χ2v) is 5.19. The number of rotatable bonds is 1. The fourth-order valence-electron chi connectivity index (χ4n) is 2.15. The molecule has 0 saturated carbocycles. The van der Waals surface area contributed by atoms with Gasteiger partial charge in [0.15, 0.2) is 0 Å². The predicted molar refractivity (Wildman–Crippen MR) is 68.4 cm³/mol. The first-order valence-corrected chi connectivity index (χ1v) is 5.78. The molecule has 4 nitrogen and oxygen atoms in total. The summed E-state index contributed by atoms with van der Waals surface area (Å²) in [6, 6.07) is 5.27. The van der Waals surface area contributed by atoms with Crippen molar-refractivity contribution in [2.45, 2.75) is 39.3 Å². The lowest BCUT2D eigenvalue weighted by Gasteiger charge is -2.42. The minimum Gasteiger partial charge on any atom is -0.506 e. The highest BCUT2D eigenvalue weighted by Crippen LogP contribution is 2.41. The molecule has 1 aliphatic rings. The van der Waals surface area contributed by atoms with Crippen LogP contribution in [0.4, 0.5) is 11.4 Å². The third-order valence-corrected chi connectivity index (χ3v) is 2.99. The van der Waals surface area contributed by atoms with Gasteiger partial charge >= 0.3 is 0 Å². The van der Waals surface area contributed by atoms with Crippen LogP contribution in [-0.2, 0) is 4.79 Å². The lowest BCUT2D eigenvalue weighted by atomic mass is 9.96. The molecule has 17 heavy (non-hydrogen) atoms. The average Bonchev–Trinajstić information content (AvgIpc) is 2.21. The fraction of sp³-hybridized carbons (Fsp3) is 0.462. The number of carbonyl (C=O) groups is 1. The summed E-state index contributed by atoms with van der Waals surface area (Å²) in [6.07, 6.45) is 0. The van der Waals surface area contributed by atoms with Crippen molar-refractivity contribution >= 4 is 17.3 Å². The number of amides is 1. The molecule has 4 heteroatoms. The molecule has 0 fully saturated rings. The van der Waals surface area contributed by atoms with E-state index < -0.39 is 5.54 Å². The van der Waals surface area contributed by atoms with E-state index in [-0.39, 0.29) is 17.7 Å². The number of phenols is 1. The normalized spacial score (nSPS) is 17.9. The quantitative estimate of drug-likeness (QED) is 0.733. The van der Waals surface area contributed by atoms with E-state index in [9.17, 15) is 9.90 Å². The van der Waals surface area contributed by atoms with Crippen LogP contribution in [0.25, 0.3) is 0 Å². The van der Waals surface area contributed by atoms with Crippen molar-refractivity contribution in [2.24, 2.45) is 0 Å². The number of carbonyl (C=O) groups excluding carboxylic acids is 1. The largest absolute Gasteiger partial charge is 0.506 e. The number of anilines is 2. The van der Waals surface area contributed by atoms with E-state index in [1.807, 2.05) is 33.8 Å². The summed E-state index contributed by atoms with van der Waals surface area (Å²) in [4.78, 5) is 14.1. The molecule has 2 N–H and O–H groups in total. The Balaban J connectivity index is 2.63. The zero-order valence-corrected chi connectivity index (χ0v) is 10.6. The van der Waals surface area contributed by atoms with Gasteiger partial charge in [0.1, 0.15) is 17.0 Å². The fourth-order valence-corrected chi connectivity index (χ4v) is 2.15. The number of nitrogens with one attached hydrogen (secondary N) is 1. The van der Waals surface area contributed by atoms with Crippen molar-refractivity contribution in [1.82, 2.24) is 0 Å². The van der Waals surface area contributed by atoms with Crippen molar-refractivity contribution in [1.29, 1.82) is 0 Å². The Bertz CT molecular complexity index is 466. The second-order valence-electron chi connectivity index (χ2n) is 5.19. The van der Waals surface area contributed by atoms with Crippen molar-refractivity contribution < 1.29 is 9.90 Å². The maximum atomic E-state index is 12.3. The number of aromatic hydroxyl groups is 1. The molecular formula is C13H18N2O2. The lowest BCUT2D eigenvalue weighted by molar-refractivity contribution is -0.122. The van der Waals surface area contributed by atoms with Gasteiger partial charge in [-0.2, -0.15) is 0 Å². The zero-order chi connectivity index (χ0) is 12.8. The average molecular weight is 234 g/mol. The number of phenolic OH excluding ortho intramolecular Hbond substituents is 1. The molecule has 0 atom stereocenters. The number of fused-ring (bicyclic) bond motifs is 1. The van der Waals surface area contributed by atoms with Crippen LogP contribution in [0.5, 0.6) is 5.75 Å². The van der Waals surface area contributed by atoms with Gasteiger partial charge < -0.3 is 15.3 Å². The monoisotopic (exact) mass is 234 g/mol. The van der Waals surface area contributed by atoms with Crippen molar-refractivity contribution in [3.63, 3.8) is 0 Å². The summed E-state index contributed by atoms with van der Waals surface area (Å²) in [5.74, 6) is 0.194. The van der Waals surface area contributed by atoms with Gasteiger partial charge in [-0.25, -0.2) is 0 Å². The van der Waals surface area contributed by atoms with Crippen molar-refractivity contribution in [3.8, 4) is 5.75 Å². The van der Waals surface area contributed by atoms with Gasteiger partial charge in [0.25, 0.3) is 5.91 Å². The maximum Gasteiger partial charge on any atom is 0.252 e. The van der Waals surface area contributed by atoms with Crippen LogP contribution in [0, 0.1) is 0 Å². The van der Waals surface area contributed by atoms with Crippen LogP contribution in [0.2, 0.25) is 0 Å². The Labute approximate surface area is 101 Å². The van der Waals surface area contributed by atoms with E-state index in [0.717, 1.165) is 5.69 Å². The lowest BCUT2D eigenvalue weighted by Crippen LogP contribution is -2.56. The highest BCUT2D eigenvalue weighted by atomic mass is 16.3. The third-order valence-electron chi connectivity index (χ3n) is 2.99. The minimum atomic E-state index is -0.698. The third kappa shape index (κ3) is 1.73. The SMILES string of the molecule is CC(C)N1C(=O)C(C)(C)Nc2c(O)cccc21. The number of hydrogen-bond acceptors (Lipinski definition) is 3. The van der Waals surface area contributed by atoms with E-state index in [1.165, 1.54) is 0 Å². The molecule has 1 heterocycles. The Kier molecular flexibility index (Phi) is 2.53. The van der Waals surface area contributed by atoms with Gasteiger partial charge in [-0.3, -0.25) is 4.79 Å². The molecule has 1 aromatic carbocycles. The van der Waals surface area contributed by atoms with Crippen LogP contribution in [0.3, 0.4) is 0 Å². The molecule has 0 spiro atoms. The first kappa shape index (κ1) is 11.8. The van der Waals surface area contributed by atoms with Crippen molar-refractivity contribution in [2.75, 3.05) is 10.2 Å². The van der Waals surface area contributed by atoms with E-state index in [0.29, 0.717) is 5.69 Å². The summed E-state index contributed by atoms with van der Waals surface area (Å²) < 4.78 is 0. The highest BCUT2D eigenvalue weighted by molar-refractivity contribution is 6.08. The van der Waals surface area contributed by atoms with E-state index in [1.54, 1.807) is 17.0 Å². The summed E-state index contributed by atoms with van der Waals surface area (Å²) in [5.41, 5.74) is 0.672. The van der Waals surface area contributed by atoms with Gasteiger partial charge in [0.05, 0.1) is 5.69 Å². The highest BCUT2D eigenvalue weighted by Gasteiger charge is 2.40. The molecule has 0 aliphatic carbocycles. The molecular weight excluding hydrogens is 216 g/mol. The second kappa shape index (κ2) is 3.65. The Morgan fingerprint density at radius 3 is 2.59 bits per heavy atom. The molecule has 0 bridgehead atoms. The molecule has 1 aliphatic heterocycles. The molecule has 0 aromatic heterocycles. The maximum absolute atomic E-state index is 12.3. The molecule has 1 aromatic rings. The Morgan fingerprint density at radius 1 is 1.35 bits per heavy atom. The van der Waals surface area contributed by atoms with Crippen LogP contribution >= 0.6 is 0 Å². The van der Waals surface area contributed by atoms with E-state index in [2.05, 4.69) is 5.32 Å². The van der Waals surface area contributed by atoms with E-state index in [4.69, 9.17) is 0 Å². The summed E-state index contributed by atoms with van der Waals surface area (Å²) in [6.45, 7) is 7.57. The first-order chi connectivity index (χ1) is 7.84. The molecule has 0 unspecified atom stereocenters. The van der Waals surface area contributed by atoms with Crippen LogP contribution in [0.15, 0.2) is 18.2 Å². The number of benzene rings is 1. The standard InChI is InChI=1S/C13H18N2O2/c1-8(2)15-9-6-5-7-10(16)11(9)14-13(3,4)12(15)17/h5-8,14,16H,1-4H3. The van der Waals surface area contributed by atoms with Gasteiger partial charge in [0.2, 0.25) is 0 Å². The summed E-state index contributed by atoms with van der Waals surface area (Å²) >= 11 is 0. The topological polar surface area (TPSA) is 52.6 Å². The van der Waals surface area contributed by atoms with Gasteiger partial charge in [-0.1, -0.05) is 6.07 Å². The van der Waals surface area contributed by atoms with Crippen LogP contribution < -0.4 is 10.2 Å². The molecule has 0 radical (unpaired) electrons. The first-order valence-electron chi connectivity index (χ1n) is 5.78. The molecule has 0 saturated heterocycles.